The number of carboxylic acid groups (broad SMARTS) is 1. The maximum absolute atomic E-state index is 14.9. The van der Waals surface area contributed by atoms with Crippen LogP contribution in [0, 0.1) is 19.7 Å². The lowest BCUT2D eigenvalue weighted by molar-refractivity contribution is -0.136. The van der Waals surface area contributed by atoms with E-state index in [1.165, 1.54) is 11.0 Å². The molecule has 0 saturated carbocycles. The molecule has 0 fully saturated rings. The molecule has 162 valence electrons. The Hall–Kier alpha value is -3.93. The molecule has 1 atom stereocenters. The highest BCUT2D eigenvalue weighted by atomic mass is 19.1. The number of carbonyl (C=O) groups is 2. The van der Waals surface area contributed by atoms with Crippen LogP contribution < -0.4 is 10.2 Å². The number of aryl methyl sites for hydroxylation is 2. The molecule has 32 heavy (non-hydrogen) atoms. The smallest absolute Gasteiger partial charge is 0.307 e. The molecular formula is C26H23FN2O3. The summed E-state index contributed by atoms with van der Waals surface area (Å²) in [5.74, 6) is -2.00. The van der Waals surface area contributed by atoms with Gasteiger partial charge in [-0.2, -0.15) is 0 Å². The number of hydrogen-bond donors (Lipinski definition) is 2. The molecule has 5 nitrogen and oxygen atoms in total. The van der Waals surface area contributed by atoms with Crippen molar-refractivity contribution < 1.29 is 19.1 Å². The molecule has 4 rings (SSSR count). The molecule has 3 aromatic rings. The van der Waals surface area contributed by atoms with Crippen LogP contribution in [-0.4, -0.2) is 17.0 Å². The highest BCUT2D eigenvalue weighted by Crippen LogP contribution is 2.43. The zero-order chi connectivity index (χ0) is 22.8. The Morgan fingerprint density at radius 3 is 2.16 bits per heavy atom. The van der Waals surface area contributed by atoms with Gasteiger partial charge in [0.05, 0.1) is 12.5 Å². The number of halogens is 1. The lowest BCUT2D eigenvalue weighted by Crippen LogP contribution is -2.31. The number of nitrogens with one attached hydrogen (secondary N) is 1. The Morgan fingerprint density at radius 2 is 1.56 bits per heavy atom. The summed E-state index contributed by atoms with van der Waals surface area (Å²) < 4.78 is 14.9. The monoisotopic (exact) mass is 430 g/mol. The molecule has 0 unspecified atom stereocenters. The van der Waals surface area contributed by atoms with Gasteiger partial charge in [-0.15, -0.1) is 0 Å². The van der Waals surface area contributed by atoms with Gasteiger partial charge in [0.1, 0.15) is 11.5 Å². The van der Waals surface area contributed by atoms with Gasteiger partial charge in [-0.3, -0.25) is 14.5 Å². The first kappa shape index (κ1) is 21.3. The van der Waals surface area contributed by atoms with E-state index in [0.717, 1.165) is 11.1 Å². The minimum absolute atomic E-state index is 0.157. The summed E-state index contributed by atoms with van der Waals surface area (Å²) in [4.78, 5) is 26.9. The van der Waals surface area contributed by atoms with E-state index in [0.29, 0.717) is 16.9 Å². The Bertz CT molecular complexity index is 1200. The van der Waals surface area contributed by atoms with E-state index in [-0.39, 0.29) is 11.3 Å². The summed E-state index contributed by atoms with van der Waals surface area (Å²) in [6, 6.07) is 20.0. The number of benzene rings is 3. The zero-order valence-electron chi connectivity index (χ0n) is 17.8. The molecule has 1 aliphatic rings. The fraction of sp³-hybridized carbons (Fsp3) is 0.154. The van der Waals surface area contributed by atoms with Crippen molar-refractivity contribution in [2.24, 2.45) is 0 Å². The molecule has 1 aliphatic heterocycles. The molecule has 3 aromatic carbocycles. The molecule has 1 amide bonds. The highest BCUT2D eigenvalue weighted by Gasteiger charge is 2.42. The number of carboxylic acids is 1. The number of carbonyl (C=O) groups excluding carboxylic acids is 1. The third-order valence-electron chi connectivity index (χ3n) is 5.52. The van der Waals surface area contributed by atoms with Crippen LogP contribution in [0.5, 0.6) is 0 Å². The number of hydrogen-bond acceptors (Lipinski definition) is 3. The second kappa shape index (κ2) is 8.67. The fourth-order valence-electron chi connectivity index (χ4n) is 3.93. The summed E-state index contributed by atoms with van der Waals surface area (Å²) in [5.41, 5.74) is 4.01. The van der Waals surface area contributed by atoms with Crippen LogP contribution in [-0.2, 0) is 9.59 Å². The topological polar surface area (TPSA) is 69.6 Å². The third-order valence-corrected chi connectivity index (χ3v) is 5.52. The van der Waals surface area contributed by atoms with Gasteiger partial charge in [0, 0.05) is 16.9 Å². The van der Waals surface area contributed by atoms with Crippen LogP contribution in [0.15, 0.2) is 84.1 Å². The maximum atomic E-state index is 14.9. The van der Waals surface area contributed by atoms with Gasteiger partial charge in [0.15, 0.2) is 0 Å². The van der Waals surface area contributed by atoms with Crippen LogP contribution in [0.3, 0.4) is 0 Å². The van der Waals surface area contributed by atoms with Crippen LogP contribution in [0.2, 0.25) is 0 Å². The molecule has 0 spiro atoms. The Balaban J connectivity index is 1.89. The van der Waals surface area contributed by atoms with E-state index in [1.54, 1.807) is 30.3 Å². The van der Waals surface area contributed by atoms with E-state index in [9.17, 15) is 19.1 Å². The maximum Gasteiger partial charge on any atom is 0.307 e. The lowest BCUT2D eigenvalue weighted by Gasteiger charge is -2.27. The van der Waals surface area contributed by atoms with Gasteiger partial charge in [-0.25, -0.2) is 4.39 Å². The van der Waals surface area contributed by atoms with Gasteiger partial charge in [-0.05, 0) is 49.8 Å². The number of aliphatic carboxylic acids is 1. The first-order valence-corrected chi connectivity index (χ1v) is 10.3. The lowest BCUT2D eigenvalue weighted by atomic mass is 9.95. The standard InChI is InChI=1S/C26H23FN2O3/c1-16-7-11-18(12-8-16)28-24-21(15-23(30)31)25(20-5-3-4-6-22(20)27)29(26(24)32)19-13-9-17(2)10-14-19/h3-14,25,28H,15H2,1-2H3,(H,30,31)/t25-/m1/s1. The first-order chi connectivity index (χ1) is 15.3. The molecule has 0 aliphatic carbocycles. The van der Waals surface area contributed by atoms with Crippen LogP contribution >= 0.6 is 0 Å². The van der Waals surface area contributed by atoms with Crippen molar-refractivity contribution in [1.29, 1.82) is 0 Å². The van der Waals surface area contributed by atoms with Crippen LogP contribution in [0.25, 0.3) is 0 Å². The van der Waals surface area contributed by atoms with E-state index in [2.05, 4.69) is 5.32 Å². The quantitative estimate of drug-likeness (QED) is 0.552. The van der Waals surface area contributed by atoms with Crippen LogP contribution in [0.1, 0.15) is 29.2 Å². The van der Waals surface area contributed by atoms with E-state index < -0.39 is 30.2 Å². The zero-order valence-corrected chi connectivity index (χ0v) is 17.8. The van der Waals surface area contributed by atoms with Crippen molar-refractivity contribution >= 4 is 23.3 Å². The van der Waals surface area contributed by atoms with Gasteiger partial charge >= 0.3 is 5.97 Å². The summed E-state index contributed by atoms with van der Waals surface area (Å²) in [7, 11) is 0. The number of rotatable bonds is 6. The summed E-state index contributed by atoms with van der Waals surface area (Å²) in [6.45, 7) is 3.88. The van der Waals surface area contributed by atoms with E-state index in [4.69, 9.17) is 0 Å². The van der Waals surface area contributed by atoms with Crippen molar-refractivity contribution in [3.63, 3.8) is 0 Å². The van der Waals surface area contributed by atoms with Crippen molar-refractivity contribution in [3.05, 3.63) is 107 Å². The van der Waals surface area contributed by atoms with Gasteiger partial charge in [-0.1, -0.05) is 53.6 Å². The van der Waals surface area contributed by atoms with E-state index >= 15 is 0 Å². The predicted molar refractivity (Wildman–Crippen MR) is 122 cm³/mol. The second-order valence-corrected chi connectivity index (χ2v) is 7.90. The molecule has 1 heterocycles. The van der Waals surface area contributed by atoms with Crippen molar-refractivity contribution in [1.82, 2.24) is 0 Å². The largest absolute Gasteiger partial charge is 0.481 e. The first-order valence-electron chi connectivity index (χ1n) is 10.3. The SMILES string of the molecule is Cc1ccc(NC2=C(CC(=O)O)[C@@H](c3ccccc3F)N(c3ccc(C)cc3)C2=O)cc1. The average molecular weight is 430 g/mol. The van der Waals surface area contributed by atoms with Crippen molar-refractivity contribution in [3.8, 4) is 0 Å². The minimum Gasteiger partial charge on any atom is -0.481 e. The van der Waals surface area contributed by atoms with Crippen molar-refractivity contribution in [2.45, 2.75) is 26.3 Å². The Kier molecular flexibility index (Phi) is 5.77. The highest BCUT2D eigenvalue weighted by molar-refractivity contribution is 6.12. The number of nitrogens with zero attached hydrogens (tertiary/aromatic N) is 1. The Morgan fingerprint density at radius 1 is 0.969 bits per heavy atom. The molecule has 0 saturated heterocycles. The second-order valence-electron chi connectivity index (χ2n) is 7.90. The Labute approximate surface area is 185 Å². The summed E-state index contributed by atoms with van der Waals surface area (Å²) >= 11 is 0. The third kappa shape index (κ3) is 4.12. The normalized spacial score (nSPS) is 15.9. The van der Waals surface area contributed by atoms with Crippen molar-refractivity contribution in [2.75, 3.05) is 10.2 Å². The molecule has 6 heteroatoms. The van der Waals surface area contributed by atoms with Gasteiger partial charge < -0.3 is 10.4 Å². The molecule has 0 aromatic heterocycles. The summed E-state index contributed by atoms with van der Waals surface area (Å²) in [5, 5.41) is 12.7. The number of anilines is 2. The number of amides is 1. The van der Waals surface area contributed by atoms with Crippen LogP contribution in [0.4, 0.5) is 15.8 Å². The molecule has 2 N–H and O–H groups in total. The van der Waals surface area contributed by atoms with Gasteiger partial charge in [0.2, 0.25) is 0 Å². The summed E-state index contributed by atoms with van der Waals surface area (Å²) in [6.07, 6.45) is -0.401. The molecule has 0 bridgehead atoms. The fourth-order valence-corrected chi connectivity index (χ4v) is 3.93. The minimum atomic E-state index is -1.09. The van der Waals surface area contributed by atoms with E-state index in [1.807, 2.05) is 50.2 Å². The predicted octanol–water partition coefficient (Wildman–Crippen LogP) is 5.37. The molecule has 0 radical (unpaired) electrons. The van der Waals surface area contributed by atoms with Gasteiger partial charge in [0.25, 0.3) is 5.91 Å². The molecular weight excluding hydrogens is 407 g/mol. The average Bonchev–Trinajstić information content (AvgIpc) is 3.01.